The smallest absolute Gasteiger partial charge is 0.148 e. The van der Waals surface area contributed by atoms with E-state index in [9.17, 15) is 0 Å². The molecular formula is C10H9BrClN3. The number of nitrogens with two attached hydrogens (primary N) is 1. The van der Waals surface area contributed by atoms with Crippen LogP contribution < -0.4 is 5.73 Å². The molecule has 0 spiro atoms. The number of rotatable bonds is 1. The van der Waals surface area contributed by atoms with E-state index in [0.717, 1.165) is 21.3 Å². The van der Waals surface area contributed by atoms with E-state index in [2.05, 4.69) is 26.1 Å². The summed E-state index contributed by atoms with van der Waals surface area (Å²) in [4.78, 5) is 0. The van der Waals surface area contributed by atoms with Crippen molar-refractivity contribution in [1.82, 2.24) is 10.2 Å². The molecule has 0 fully saturated rings. The van der Waals surface area contributed by atoms with Crippen molar-refractivity contribution in [3.63, 3.8) is 0 Å². The van der Waals surface area contributed by atoms with Gasteiger partial charge in [-0.3, -0.25) is 5.10 Å². The zero-order valence-corrected chi connectivity index (χ0v) is 10.4. The normalized spacial score (nSPS) is 10.6. The molecule has 0 aliphatic rings. The van der Waals surface area contributed by atoms with Gasteiger partial charge >= 0.3 is 0 Å². The van der Waals surface area contributed by atoms with Crippen LogP contribution in [0.15, 0.2) is 22.7 Å². The van der Waals surface area contributed by atoms with Crippen molar-refractivity contribution in [3.05, 3.63) is 33.3 Å². The number of halogens is 2. The van der Waals surface area contributed by atoms with E-state index in [1.807, 2.05) is 25.1 Å². The molecule has 0 amide bonds. The van der Waals surface area contributed by atoms with E-state index < -0.39 is 0 Å². The molecule has 15 heavy (non-hydrogen) atoms. The Morgan fingerprint density at radius 1 is 1.47 bits per heavy atom. The minimum Gasteiger partial charge on any atom is -0.382 e. The highest BCUT2D eigenvalue weighted by atomic mass is 79.9. The van der Waals surface area contributed by atoms with Crippen LogP contribution in [-0.2, 0) is 0 Å². The molecule has 2 aromatic rings. The summed E-state index contributed by atoms with van der Waals surface area (Å²) < 4.78 is 0.918. The second-order valence-corrected chi connectivity index (χ2v) is 4.52. The molecule has 0 saturated carbocycles. The molecule has 78 valence electrons. The Labute approximate surface area is 101 Å². The second kappa shape index (κ2) is 3.87. The third-order valence-electron chi connectivity index (χ3n) is 2.25. The number of nitrogen functional groups attached to an aromatic ring is 1. The summed E-state index contributed by atoms with van der Waals surface area (Å²) in [6, 6.07) is 5.60. The molecule has 2 rings (SSSR count). The van der Waals surface area contributed by atoms with Crippen LogP contribution in [0.1, 0.15) is 5.56 Å². The maximum atomic E-state index is 5.87. The number of H-pyrrole nitrogens is 1. The molecular weight excluding hydrogens is 277 g/mol. The second-order valence-electron chi connectivity index (χ2n) is 3.23. The van der Waals surface area contributed by atoms with Crippen molar-refractivity contribution >= 4 is 33.3 Å². The van der Waals surface area contributed by atoms with Crippen molar-refractivity contribution in [2.24, 2.45) is 0 Å². The molecule has 5 heteroatoms. The van der Waals surface area contributed by atoms with Crippen LogP contribution in [0.3, 0.4) is 0 Å². The SMILES string of the molecule is Cc1c(N)n[nH]c1-c1ccc(Cl)cc1Br. The quantitative estimate of drug-likeness (QED) is 0.844. The van der Waals surface area contributed by atoms with Crippen LogP contribution in [-0.4, -0.2) is 10.2 Å². The number of hydrogen-bond donors (Lipinski definition) is 2. The number of benzene rings is 1. The highest BCUT2D eigenvalue weighted by Gasteiger charge is 2.11. The first-order valence-corrected chi connectivity index (χ1v) is 5.52. The summed E-state index contributed by atoms with van der Waals surface area (Å²) in [6.45, 7) is 1.93. The molecule has 1 aromatic carbocycles. The lowest BCUT2D eigenvalue weighted by molar-refractivity contribution is 1.10. The first kappa shape index (κ1) is 10.5. The summed E-state index contributed by atoms with van der Waals surface area (Å²) in [5.41, 5.74) is 8.53. The summed E-state index contributed by atoms with van der Waals surface area (Å²) in [6.07, 6.45) is 0. The Morgan fingerprint density at radius 3 is 2.73 bits per heavy atom. The highest BCUT2D eigenvalue weighted by molar-refractivity contribution is 9.10. The van der Waals surface area contributed by atoms with Crippen LogP contribution in [0.5, 0.6) is 0 Å². The summed E-state index contributed by atoms with van der Waals surface area (Å²) in [5, 5.41) is 7.55. The van der Waals surface area contributed by atoms with E-state index in [1.165, 1.54) is 0 Å². The molecule has 0 saturated heterocycles. The number of aromatic nitrogens is 2. The van der Waals surface area contributed by atoms with Gasteiger partial charge in [-0.1, -0.05) is 33.6 Å². The zero-order valence-electron chi connectivity index (χ0n) is 8.01. The lowest BCUT2D eigenvalue weighted by Gasteiger charge is -2.03. The van der Waals surface area contributed by atoms with Gasteiger partial charge in [-0.05, 0) is 19.1 Å². The van der Waals surface area contributed by atoms with Crippen molar-refractivity contribution in [1.29, 1.82) is 0 Å². The van der Waals surface area contributed by atoms with Crippen molar-refractivity contribution in [2.45, 2.75) is 6.92 Å². The largest absolute Gasteiger partial charge is 0.382 e. The number of nitrogens with one attached hydrogen (secondary N) is 1. The number of nitrogens with zero attached hydrogens (tertiary/aromatic N) is 1. The van der Waals surface area contributed by atoms with Crippen LogP contribution in [0, 0.1) is 6.92 Å². The number of aromatic amines is 1. The average Bonchev–Trinajstić information content (AvgIpc) is 2.49. The maximum Gasteiger partial charge on any atom is 0.148 e. The van der Waals surface area contributed by atoms with Crippen LogP contribution in [0.4, 0.5) is 5.82 Å². The van der Waals surface area contributed by atoms with Gasteiger partial charge in [0, 0.05) is 20.6 Å². The minimum atomic E-state index is 0.520. The summed E-state index contributed by atoms with van der Waals surface area (Å²) in [5.74, 6) is 0.520. The number of hydrogen-bond acceptors (Lipinski definition) is 2. The monoisotopic (exact) mass is 285 g/mol. The van der Waals surface area contributed by atoms with Gasteiger partial charge < -0.3 is 5.73 Å². The van der Waals surface area contributed by atoms with E-state index >= 15 is 0 Å². The molecule has 0 bridgehead atoms. The summed E-state index contributed by atoms with van der Waals surface area (Å²) >= 11 is 9.32. The molecule has 1 heterocycles. The van der Waals surface area contributed by atoms with Gasteiger partial charge in [0.2, 0.25) is 0 Å². The van der Waals surface area contributed by atoms with Gasteiger partial charge in [-0.15, -0.1) is 0 Å². The van der Waals surface area contributed by atoms with Crippen LogP contribution in [0.25, 0.3) is 11.3 Å². The Hall–Kier alpha value is -1.000. The molecule has 0 aliphatic carbocycles. The lowest BCUT2D eigenvalue weighted by atomic mass is 10.1. The van der Waals surface area contributed by atoms with Crippen molar-refractivity contribution in [2.75, 3.05) is 5.73 Å². The first-order chi connectivity index (χ1) is 7.09. The third kappa shape index (κ3) is 1.87. The Bertz CT molecular complexity index is 507. The van der Waals surface area contributed by atoms with Gasteiger partial charge in [0.05, 0.1) is 5.69 Å². The number of anilines is 1. The van der Waals surface area contributed by atoms with Gasteiger partial charge in [0.25, 0.3) is 0 Å². The van der Waals surface area contributed by atoms with E-state index in [1.54, 1.807) is 0 Å². The highest BCUT2D eigenvalue weighted by Crippen LogP contribution is 2.32. The first-order valence-electron chi connectivity index (χ1n) is 4.35. The van der Waals surface area contributed by atoms with E-state index in [-0.39, 0.29) is 0 Å². The van der Waals surface area contributed by atoms with Gasteiger partial charge in [-0.2, -0.15) is 5.10 Å². The molecule has 3 N–H and O–H groups in total. The Morgan fingerprint density at radius 2 is 2.20 bits per heavy atom. The minimum absolute atomic E-state index is 0.520. The Kier molecular flexibility index (Phi) is 2.71. The predicted molar refractivity (Wildman–Crippen MR) is 65.9 cm³/mol. The lowest BCUT2D eigenvalue weighted by Crippen LogP contribution is -1.86. The van der Waals surface area contributed by atoms with Crippen LogP contribution >= 0.6 is 27.5 Å². The molecule has 0 aliphatic heterocycles. The van der Waals surface area contributed by atoms with Gasteiger partial charge in [0.1, 0.15) is 5.82 Å². The fourth-order valence-corrected chi connectivity index (χ4v) is 2.25. The Balaban J connectivity index is 2.59. The van der Waals surface area contributed by atoms with E-state index in [4.69, 9.17) is 17.3 Å². The molecule has 1 aromatic heterocycles. The van der Waals surface area contributed by atoms with E-state index in [0.29, 0.717) is 10.8 Å². The molecule has 0 atom stereocenters. The predicted octanol–water partition coefficient (Wildman–Crippen LogP) is 3.38. The van der Waals surface area contributed by atoms with Crippen molar-refractivity contribution in [3.8, 4) is 11.3 Å². The molecule has 3 nitrogen and oxygen atoms in total. The van der Waals surface area contributed by atoms with Gasteiger partial charge in [0.15, 0.2) is 0 Å². The maximum absolute atomic E-state index is 5.87. The fourth-order valence-electron chi connectivity index (χ4n) is 1.37. The van der Waals surface area contributed by atoms with Crippen molar-refractivity contribution < 1.29 is 0 Å². The average molecular weight is 287 g/mol. The topological polar surface area (TPSA) is 54.7 Å². The fraction of sp³-hybridized carbons (Fsp3) is 0.100. The summed E-state index contributed by atoms with van der Waals surface area (Å²) in [7, 11) is 0. The van der Waals surface area contributed by atoms with Gasteiger partial charge in [-0.25, -0.2) is 0 Å². The van der Waals surface area contributed by atoms with Crippen LogP contribution in [0.2, 0.25) is 5.02 Å². The zero-order chi connectivity index (χ0) is 11.0. The molecule has 0 unspecified atom stereocenters. The third-order valence-corrected chi connectivity index (χ3v) is 3.14. The standard InChI is InChI=1S/C10H9BrClN3/c1-5-9(14-15-10(5)13)7-3-2-6(12)4-8(7)11/h2-4H,1H3,(H3,13,14,15). The molecule has 0 radical (unpaired) electrons.